The first-order valence-corrected chi connectivity index (χ1v) is 7.37. The smallest absolute Gasteiger partial charge is 0.213 e. The summed E-state index contributed by atoms with van der Waals surface area (Å²) in [6.07, 6.45) is 0. The molecule has 0 spiro atoms. The zero-order valence-corrected chi connectivity index (χ0v) is 11.3. The lowest BCUT2D eigenvalue weighted by Gasteiger charge is -2.43. The van der Waals surface area contributed by atoms with E-state index >= 15 is 0 Å². The third kappa shape index (κ3) is 2.94. The lowest BCUT2D eigenvalue weighted by molar-refractivity contribution is 0.0850. The van der Waals surface area contributed by atoms with Crippen LogP contribution in [0.1, 0.15) is 20.8 Å². The maximum atomic E-state index is 11.7. The molecule has 1 saturated heterocycles. The highest BCUT2D eigenvalue weighted by Crippen LogP contribution is 2.17. The van der Waals surface area contributed by atoms with E-state index in [1.807, 2.05) is 0 Å². The normalized spacial score (nSPS) is 21.2. The lowest BCUT2D eigenvalue weighted by atomic mass is 10.0. The molecule has 2 N–H and O–H groups in total. The van der Waals surface area contributed by atoms with Crippen molar-refractivity contribution in [1.82, 2.24) is 9.21 Å². The second kappa shape index (κ2) is 5.00. The molecule has 1 fully saturated rings. The minimum atomic E-state index is -3.02. The summed E-state index contributed by atoms with van der Waals surface area (Å²) in [6.45, 7) is 9.17. The summed E-state index contributed by atoms with van der Waals surface area (Å²) in [5.41, 5.74) is 5.67. The quantitative estimate of drug-likeness (QED) is 0.742. The van der Waals surface area contributed by atoms with Crippen molar-refractivity contribution >= 4 is 10.0 Å². The fraction of sp³-hybridized carbons (Fsp3) is 1.00. The van der Waals surface area contributed by atoms with Crippen LogP contribution in [-0.4, -0.2) is 61.6 Å². The van der Waals surface area contributed by atoms with Gasteiger partial charge in [0.05, 0.1) is 5.75 Å². The summed E-state index contributed by atoms with van der Waals surface area (Å²) in [5, 5.41) is 0. The van der Waals surface area contributed by atoms with Crippen LogP contribution in [0, 0.1) is 0 Å². The molecule has 16 heavy (non-hydrogen) atoms. The van der Waals surface area contributed by atoms with Gasteiger partial charge in [-0.1, -0.05) is 0 Å². The Kier molecular flexibility index (Phi) is 4.34. The fourth-order valence-electron chi connectivity index (χ4n) is 1.88. The summed E-state index contributed by atoms with van der Waals surface area (Å²) >= 11 is 0. The minimum Gasteiger partial charge on any atom is -0.329 e. The van der Waals surface area contributed by atoms with Gasteiger partial charge in [-0.15, -0.1) is 0 Å². The van der Waals surface area contributed by atoms with Gasteiger partial charge in [0.1, 0.15) is 0 Å². The molecule has 0 unspecified atom stereocenters. The largest absolute Gasteiger partial charge is 0.329 e. The van der Waals surface area contributed by atoms with Crippen molar-refractivity contribution < 1.29 is 8.42 Å². The molecule has 1 heterocycles. The molecule has 0 bridgehead atoms. The van der Waals surface area contributed by atoms with Crippen molar-refractivity contribution in [3.8, 4) is 0 Å². The van der Waals surface area contributed by atoms with E-state index in [9.17, 15) is 8.42 Å². The van der Waals surface area contributed by atoms with Crippen molar-refractivity contribution in [2.24, 2.45) is 5.73 Å². The van der Waals surface area contributed by atoms with E-state index in [4.69, 9.17) is 5.73 Å². The molecule has 0 amide bonds. The van der Waals surface area contributed by atoms with Crippen LogP contribution >= 0.6 is 0 Å². The van der Waals surface area contributed by atoms with Crippen LogP contribution in [0.25, 0.3) is 0 Å². The van der Waals surface area contributed by atoms with Crippen molar-refractivity contribution in [2.45, 2.75) is 26.3 Å². The second-order valence-corrected chi connectivity index (χ2v) is 7.06. The number of nitrogens with two attached hydrogens (primary N) is 1. The Labute approximate surface area is 98.6 Å². The summed E-state index contributed by atoms with van der Waals surface area (Å²) in [7, 11) is -3.02. The molecule has 0 aromatic rings. The Morgan fingerprint density at radius 1 is 1.19 bits per heavy atom. The summed E-state index contributed by atoms with van der Waals surface area (Å²) in [6, 6.07) is 0. The predicted molar refractivity (Wildman–Crippen MR) is 65.7 cm³/mol. The minimum absolute atomic E-state index is 0.0396. The Balaban J connectivity index is 2.59. The van der Waals surface area contributed by atoms with Crippen LogP contribution in [0.15, 0.2) is 0 Å². The Morgan fingerprint density at radius 2 is 1.69 bits per heavy atom. The van der Waals surface area contributed by atoms with E-state index in [1.54, 1.807) is 11.2 Å². The maximum Gasteiger partial charge on any atom is 0.213 e. The average Bonchev–Trinajstić information content (AvgIpc) is 2.29. The van der Waals surface area contributed by atoms with Gasteiger partial charge in [-0.2, -0.15) is 4.31 Å². The second-order valence-electron chi connectivity index (χ2n) is 4.80. The summed E-state index contributed by atoms with van der Waals surface area (Å²) < 4.78 is 24.9. The van der Waals surface area contributed by atoms with Crippen molar-refractivity contribution in [1.29, 1.82) is 0 Å². The van der Waals surface area contributed by atoms with E-state index in [0.717, 1.165) is 13.1 Å². The number of rotatable bonds is 4. The van der Waals surface area contributed by atoms with Crippen molar-refractivity contribution in [3.05, 3.63) is 0 Å². The highest BCUT2D eigenvalue weighted by atomic mass is 32.2. The van der Waals surface area contributed by atoms with E-state index in [2.05, 4.69) is 18.7 Å². The molecule has 96 valence electrons. The topological polar surface area (TPSA) is 66.6 Å². The molecule has 6 heteroatoms. The van der Waals surface area contributed by atoms with Gasteiger partial charge in [0, 0.05) is 38.3 Å². The van der Waals surface area contributed by atoms with Gasteiger partial charge in [0.25, 0.3) is 0 Å². The molecule has 1 aliphatic heterocycles. The molecule has 1 rings (SSSR count). The molecule has 1 aliphatic rings. The van der Waals surface area contributed by atoms with Gasteiger partial charge in [-0.05, 0) is 20.8 Å². The molecule has 0 aliphatic carbocycles. The van der Waals surface area contributed by atoms with Crippen LogP contribution in [0.3, 0.4) is 0 Å². The van der Waals surface area contributed by atoms with Gasteiger partial charge >= 0.3 is 0 Å². The molecule has 0 saturated carbocycles. The van der Waals surface area contributed by atoms with Crippen LogP contribution in [0.4, 0.5) is 0 Å². The molecule has 0 atom stereocenters. The summed E-state index contributed by atoms with van der Waals surface area (Å²) in [5.74, 6) is 0.188. The van der Waals surface area contributed by atoms with E-state index < -0.39 is 10.0 Å². The van der Waals surface area contributed by atoms with E-state index in [0.29, 0.717) is 19.6 Å². The standard InChI is InChI=1S/C10H23N3O2S/c1-4-16(14,15)13-7-5-12(6-8-13)10(2,3)9-11/h4-9,11H2,1-3H3. The number of nitrogens with zero attached hydrogens (tertiary/aromatic N) is 2. The molecule has 0 aromatic heterocycles. The highest BCUT2D eigenvalue weighted by molar-refractivity contribution is 7.89. The number of sulfonamides is 1. The molecular formula is C10H23N3O2S. The Bertz CT molecular complexity index is 319. The molecule has 5 nitrogen and oxygen atoms in total. The Morgan fingerprint density at radius 3 is 2.06 bits per heavy atom. The number of hydrogen-bond donors (Lipinski definition) is 1. The van der Waals surface area contributed by atoms with Crippen LogP contribution in [-0.2, 0) is 10.0 Å². The lowest BCUT2D eigenvalue weighted by Crippen LogP contribution is -2.58. The predicted octanol–water partition coefficient (Wildman–Crippen LogP) is -0.309. The SMILES string of the molecule is CCS(=O)(=O)N1CCN(C(C)(C)CN)CC1. The van der Waals surface area contributed by atoms with E-state index in [-0.39, 0.29) is 11.3 Å². The molecular weight excluding hydrogens is 226 g/mol. The number of piperazine rings is 1. The summed E-state index contributed by atoms with van der Waals surface area (Å²) in [4.78, 5) is 2.26. The Hall–Kier alpha value is -0.170. The van der Waals surface area contributed by atoms with Crippen LogP contribution in [0.5, 0.6) is 0 Å². The van der Waals surface area contributed by atoms with Crippen molar-refractivity contribution in [3.63, 3.8) is 0 Å². The molecule has 0 aromatic carbocycles. The zero-order valence-electron chi connectivity index (χ0n) is 10.4. The molecule has 0 radical (unpaired) electrons. The first kappa shape index (κ1) is 13.9. The zero-order chi connectivity index (χ0) is 12.4. The van der Waals surface area contributed by atoms with E-state index in [1.165, 1.54) is 0 Å². The number of hydrogen-bond acceptors (Lipinski definition) is 4. The van der Waals surface area contributed by atoms with Crippen molar-refractivity contribution in [2.75, 3.05) is 38.5 Å². The fourth-order valence-corrected chi connectivity index (χ4v) is 2.97. The van der Waals surface area contributed by atoms with Gasteiger partial charge in [-0.25, -0.2) is 8.42 Å². The third-order valence-corrected chi connectivity index (χ3v) is 5.23. The van der Waals surface area contributed by atoms with Gasteiger partial charge in [-0.3, -0.25) is 4.90 Å². The van der Waals surface area contributed by atoms with Gasteiger partial charge < -0.3 is 5.73 Å². The first-order valence-electron chi connectivity index (χ1n) is 5.76. The monoisotopic (exact) mass is 249 g/mol. The highest BCUT2D eigenvalue weighted by Gasteiger charge is 2.31. The first-order chi connectivity index (χ1) is 7.33. The van der Waals surface area contributed by atoms with Gasteiger partial charge in [0.2, 0.25) is 10.0 Å². The third-order valence-electron chi connectivity index (χ3n) is 3.35. The van der Waals surface area contributed by atoms with Crippen LogP contribution in [0.2, 0.25) is 0 Å². The van der Waals surface area contributed by atoms with Gasteiger partial charge in [0.15, 0.2) is 0 Å². The maximum absolute atomic E-state index is 11.7. The van der Waals surface area contributed by atoms with Crippen LogP contribution < -0.4 is 5.73 Å². The average molecular weight is 249 g/mol.